The van der Waals surface area contributed by atoms with Gasteiger partial charge in [0.1, 0.15) is 5.82 Å². The zero-order valence-corrected chi connectivity index (χ0v) is 11.9. The van der Waals surface area contributed by atoms with Gasteiger partial charge in [0, 0.05) is 11.9 Å². The van der Waals surface area contributed by atoms with E-state index in [0.717, 1.165) is 0 Å². The quantitative estimate of drug-likeness (QED) is 0.483. The molecule has 112 valence electrons. The van der Waals surface area contributed by atoms with Crippen molar-refractivity contribution in [2.24, 2.45) is 0 Å². The minimum atomic E-state index is -4.62. The van der Waals surface area contributed by atoms with E-state index < -0.39 is 29.0 Å². The largest absolute Gasteiger partial charge is 0.416 e. The van der Waals surface area contributed by atoms with Crippen LogP contribution < -0.4 is 5.32 Å². The van der Waals surface area contributed by atoms with E-state index in [1.165, 1.54) is 0 Å². The summed E-state index contributed by atoms with van der Waals surface area (Å²) in [5.41, 5.74) is -1.71. The molecule has 0 bridgehead atoms. The fraction of sp³-hybridized carbons (Fsp3) is 0.417. The summed E-state index contributed by atoms with van der Waals surface area (Å²) in [6.45, 7) is 0.716. The molecule has 0 saturated heterocycles. The van der Waals surface area contributed by atoms with Gasteiger partial charge in [0.15, 0.2) is 0 Å². The fourth-order valence-corrected chi connectivity index (χ4v) is 1.59. The van der Waals surface area contributed by atoms with Gasteiger partial charge in [-0.1, -0.05) is 15.9 Å². The van der Waals surface area contributed by atoms with Crippen LogP contribution in [0.1, 0.15) is 15.9 Å². The number of benzene rings is 1. The number of alkyl halides is 4. The number of nitrogens with one attached hydrogen (secondary N) is 1. The molecule has 1 N–H and O–H groups in total. The van der Waals surface area contributed by atoms with Crippen LogP contribution in [0.25, 0.3) is 0 Å². The van der Waals surface area contributed by atoms with Crippen molar-refractivity contribution in [1.29, 1.82) is 0 Å². The van der Waals surface area contributed by atoms with Crippen LogP contribution >= 0.6 is 15.9 Å². The molecule has 0 atom stereocenters. The summed E-state index contributed by atoms with van der Waals surface area (Å²) in [5.74, 6) is -1.91. The van der Waals surface area contributed by atoms with E-state index in [4.69, 9.17) is 4.74 Å². The molecule has 0 saturated carbocycles. The summed E-state index contributed by atoms with van der Waals surface area (Å²) in [4.78, 5) is 11.6. The Balaban J connectivity index is 2.67. The summed E-state index contributed by atoms with van der Waals surface area (Å²) in [7, 11) is 0. The Kier molecular flexibility index (Phi) is 6.41. The van der Waals surface area contributed by atoms with Gasteiger partial charge in [-0.05, 0) is 18.2 Å². The lowest BCUT2D eigenvalue weighted by atomic mass is 10.1. The highest BCUT2D eigenvalue weighted by Gasteiger charge is 2.31. The molecule has 1 rings (SSSR count). The molecule has 0 radical (unpaired) electrons. The topological polar surface area (TPSA) is 38.3 Å². The van der Waals surface area contributed by atoms with Crippen molar-refractivity contribution in [3.8, 4) is 0 Å². The molecule has 0 aliphatic rings. The van der Waals surface area contributed by atoms with Crippen LogP contribution in [0.4, 0.5) is 17.6 Å². The van der Waals surface area contributed by atoms with Gasteiger partial charge in [-0.3, -0.25) is 4.79 Å². The first-order valence-electron chi connectivity index (χ1n) is 5.65. The molecule has 1 amide bonds. The van der Waals surface area contributed by atoms with Crippen molar-refractivity contribution in [2.75, 3.05) is 25.1 Å². The Bertz CT molecular complexity index is 465. The molecule has 0 heterocycles. The van der Waals surface area contributed by atoms with Crippen LogP contribution in [-0.2, 0) is 10.9 Å². The number of carbonyl (C=O) groups excluding carboxylic acids is 1. The SMILES string of the molecule is O=C(NCCOCCBr)c1cc(C(F)(F)F)ccc1F. The third kappa shape index (κ3) is 5.09. The van der Waals surface area contributed by atoms with Gasteiger partial charge >= 0.3 is 6.18 Å². The zero-order chi connectivity index (χ0) is 15.2. The molecule has 0 spiro atoms. The lowest BCUT2D eigenvalue weighted by Gasteiger charge is -2.10. The second-order valence-corrected chi connectivity index (χ2v) is 4.54. The van der Waals surface area contributed by atoms with Crippen molar-refractivity contribution in [1.82, 2.24) is 5.32 Å². The highest BCUT2D eigenvalue weighted by Crippen LogP contribution is 2.30. The number of ether oxygens (including phenoxy) is 1. The van der Waals surface area contributed by atoms with Gasteiger partial charge in [-0.15, -0.1) is 0 Å². The maximum Gasteiger partial charge on any atom is 0.416 e. The maximum atomic E-state index is 13.4. The molecular weight excluding hydrogens is 346 g/mol. The Morgan fingerprint density at radius 1 is 1.30 bits per heavy atom. The second-order valence-electron chi connectivity index (χ2n) is 3.75. The number of amides is 1. The highest BCUT2D eigenvalue weighted by molar-refractivity contribution is 9.09. The highest BCUT2D eigenvalue weighted by atomic mass is 79.9. The third-order valence-electron chi connectivity index (χ3n) is 2.29. The second kappa shape index (κ2) is 7.58. The predicted octanol–water partition coefficient (Wildman–Crippen LogP) is 2.99. The number of carbonyl (C=O) groups is 1. The monoisotopic (exact) mass is 357 g/mol. The number of hydrogen-bond acceptors (Lipinski definition) is 2. The van der Waals surface area contributed by atoms with Crippen LogP contribution in [0.15, 0.2) is 18.2 Å². The minimum absolute atomic E-state index is 0.0848. The average molecular weight is 358 g/mol. The molecule has 3 nitrogen and oxygen atoms in total. The Labute approximate surface area is 121 Å². The van der Waals surface area contributed by atoms with E-state index in [-0.39, 0.29) is 13.2 Å². The Morgan fingerprint density at radius 3 is 2.60 bits per heavy atom. The maximum absolute atomic E-state index is 13.4. The van der Waals surface area contributed by atoms with Gasteiger partial charge in [0.2, 0.25) is 0 Å². The molecule has 0 aromatic heterocycles. The zero-order valence-electron chi connectivity index (χ0n) is 10.3. The smallest absolute Gasteiger partial charge is 0.379 e. The van der Waals surface area contributed by atoms with Crippen molar-refractivity contribution < 1.29 is 27.1 Å². The lowest BCUT2D eigenvalue weighted by molar-refractivity contribution is -0.137. The summed E-state index contributed by atoms with van der Waals surface area (Å²) < 4.78 is 55.8. The van der Waals surface area contributed by atoms with Crippen molar-refractivity contribution in [2.45, 2.75) is 6.18 Å². The van der Waals surface area contributed by atoms with Crippen molar-refractivity contribution >= 4 is 21.8 Å². The van der Waals surface area contributed by atoms with Gasteiger partial charge in [-0.25, -0.2) is 4.39 Å². The van der Waals surface area contributed by atoms with E-state index in [0.29, 0.717) is 30.1 Å². The van der Waals surface area contributed by atoms with Crippen molar-refractivity contribution in [3.63, 3.8) is 0 Å². The van der Waals surface area contributed by atoms with Crippen LogP contribution in [0.2, 0.25) is 0 Å². The standard InChI is InChI=1S/C12H12BrF4NO2/c13-3-5-20-6-4-18-11(19)9-7-8(12(15,16)17)1-2-10(9)14/h1-2,7H,3-6H2,(H,18,19). The van der Waals surface area contributed by atoms with Gasteiger partial charge < -0.3 is 10.1 Å². The average Bonchev–Trinajstić information content (AvgIpc) is 2.37. The normalized spacial score (nSPS) is 11.4. The minimum Gasteiger partial charge on any atom is -0.379 e. The van der Waals surface area contributed by atoms with E-state index in [1.807, 2.05) is 0 Å². The molecule has 0 aliphatic carbocycles. The van der Waals surface area contributed by atoms with Gasteiger partial charge in [0.05, 0.1) is 24.3 Å². The molecule has 0 unspecified atom stereocenters. The fourth-order valence-electron chi connectivity index (χ4n) is 1.36. The number of halogens is 5. The summed E-state index contributed by atoms with van der Waals surface area (Å²) >= 11 is 3.13. The molecule has 20 heavy (non-hydrogen) atoms. The first kappa shape index (κ1) is 16.9. The van der Waals surface area contributed by atoms with E-state index in [2.05, 4.69) is 21.2 Å². The molecule has 1 aromatic carbocycles. The first-order chi connectivity index (χ1) is 9.36. The van der Waals surface area contributed by atoms with Crippen LogP contribution in [-0.4, -0.2) is 31.0 Å². The van der Waals surface area contributed by atoms with E-state index >= 15 is 0 Å². The Morgan fingerprint density at radius 2 is 2.00 bits per heavy atom. The van der Waals surface area contributed by atoms with Gasteiger partial charge in [0.25, 0.3) is 5.91 Å². The van der Waals surface area contributed by atoms with E-state index in [1.54, 1.807) is 0 Å². The molecule has 0 aliphatic heterocycles. The summed E-state index contributed by atoms with van der Waals surface area (Å²) in [6.07, 6.45) is -4.62. The van der Waals surface area contributed by atoms with Crippen LogP contribution in [0.3, 0.4) is 0 Å². The molecule has 1 aromatic rings. The predicted molar refractivity (Wildman–Crippen MR) is 68.3 cm³/mol. The molecule has 0 fully saturated rings. The molecular formula is C12H12BrF4NO2. The Hall–Kier alpha value is -1.15. The molecule has 8 heteroatoms. The van der Waals surface area contributed by atoms with Crippen LogP contribution in [0, 0.1) is 5.82 Å². The van der Waals surface area contributed by atoms with E-state index in [9.17, 15) is 22.4 Å². The summed E-state index contributed by atoms with van der Waals surface area (Å²) in [5, 5.41) is 2.92. The van der Waals surface area contributed by atoms with Crippen molar-refractivity contribution in [3.05, 3.63) is 35.1 Å². The number of hydrogen-bond donors (Lipinski definition) is 1. The summed E-state index contributed by atoms with van der Waals surface area (Å²) in [6, 6.07) is 1.70. The lowest BCUT2D eigenvalue weighted by Crippen LogP contribution is -2.28. The first-order valence-corrected chi connectivity index (χ1v) is 6.77. The third-order valence-corrected chi connectivity index (χ3v) is 2.62. The van der Waals surface area contributed by atoms with Gasteiger partial charge in [-0.2, -0.15) is 13.2 Å². The van der Waals surface area contributed by atoms with Crippen LogP contribution in [0.5, 0.6) is 0 Å². The number of rotatable bonds is 6.